The Labute approximate surface area is 307 Å². The zero-order valence-electron chi connectivity index (χ0n) is 25.5. The topological polar surface area (TPSA) is 37.1 Å². The van der Waals surface area contributed by atoms with Crippen LogP contribution in [0, 0.1) is 0 Å². The summed E-state index contributed by atoms with van der Waals surface area (Å²) in [4.78, 5) is 7.02. The third-order valence-electron chi connectivity index (χ3n) is 6.48. The fourth-order valence-electron chi connectivity index (χ4n) is 4.47. The van der Waals surface area contributed by atoms with Crippen LogP contribution < -0.4 is 0 Å². The molecule has 1 aliphatic heterocycles. The molecule has 48 heavy (non-hydrogen) atoms. The van der Waals surface area contributed by atoms with Crippen LogP contribution in [0.4, 0.5) is 0 Å². The highest BCUT2D eigenvalue weighted by atomic mass is 33.1. The normalized spacial score (nSPS) is 15.8. The Kier molecular flexibility index (Phi) is 11.8. The lowest BCUT2D eigenvalue weighted by molar-refractivity contribution is 1.47. The van der Waals surface area contributed by atoms with E-state index in [0.717, 1.165) is 0 Å². The second-order valence-electron chi connectivity index (χ2n) is 10.2. The number of hydrogen-bond donors (Lipinski definition) is 0. The molecular weight excluding hydrogens is 760 g/mol. The van der Waals surface area contributed by atoms with E-state index in [9.17, 15) is 0 Å². The smallest absolute Gasteiger partial charge is 0.199 e. The first-order valence-corrected chi connectivity index (χ1v) is 28.6. The average molecular weight is 790 g/mol. The molecule has 0 aliphatic carbocycles. The highest BCUT2D eigenvalue weighted by Gasteiger charge is 2.41. The van der Waals surface area contributed by atoms with Crippen molar-refractivity contribution in [1.82, 2.24) is 0 Å². The van der Waals surface area contributed by atoms with Crippen molar-refractivity contribution in [1.29, 1.82) is 0 Å². The minimum atomic E-state index is -2.62. The summed E-state index contributed by atoms with van der Waals surface area (Å²) in [5.74, 6) is 0. The maximum absolute atomic E-state index is 6.05. The Hall–Kier alpha value is -1.89. The molecule has 0 radical (unpaired) electrons. The van der Waals surface area contributed by atoms with Gasteiger partial charge in [-0.3, -0.25) is 0 Å². The van der Waals surface area contributed by atoms with E-state index in [4.69, 9.17) is 13.5 Å². The van der Waals surface area contributed by atoms with Gasteiger partial charge < -0.3 is 0 Å². The lowest BCUT2D eigenvalue weighted by Crippen LogP contribution is -1.83. The molecule has 0 N–H and O–H groups in total. The van der Waals surface area contributed by atoms with Gasteiger partial charge in [0.25, 0.3) is 0 Å². The summed E-state index contributed by atoms with van der Waals surface area (Å²) in [6, 6.07) is 64.1. The summed E-state index contributed by atoms with van der Waals surface area (Å²) >= 11 is 11.0. The minimum Gasteiger partial charge on any atom is -0.200 e. The van der Waals surface area contributed by atoms with Crippen LogP contribution in [0.5, 0.6) is 0 Å². The predicted molar refractivity (Wildman–Crippen MR) is 222 cm³/mol. The van der Waals surface area contributed by atoms with Gasteiger partial charge in [0.05, 0.1) is 0 Å². The third-order valence-corrected chi connectivity index (χ3v) is 36.2. The molecule has 0 saturated heterocycles. The average Bonchev–Trinajstić information content (AvgIpc) is 3.10. The zero-order chi connectivity index (χ0) is 32.5. The largest absolute Gasteiger partial charge is 0.200 e. The van der Waals surface area contributed by atoms with Gasteiger partial charge in [0.2, 0.25) is 0 Å². The van der Waals surface area contributed by atoms with E-state index in [1.807, 2.05) is 68.3 Å². The van der Waals surface area contributed by atoms with Crippen molar-refractivity contribution in [2.24, 2.45) is 13.5 Å². The number of rotatable bonds is 12. The molecule has 240 valence electrons. The minimum absolute atomic E-state index is 1.17. The van der Waals surface area contributed by atoms with Gasteiger partial charge in [0.15, 0.2) is 16.8 Å². The fraction of sp³-hybridized carbons (Fsp3) is 0. The maximum Gasteiger partial charge on any atom is 0.199 e. The van der Waals surface area contributed by atoms with Crippen molar-refractivity contribution in [2.75, 3.05) is 0 Å². The quantitative estimate of drug-likeness (QED) is 0.115. The van der Waals surface area contributed by atoms with Crippen LogP contribution in [0.15, 0.2) is 225 Å². The van der Waals surface area contributed by atoms with E-state index in [-0.39, 0.29) is 0 Å². The van der Waals surface area contributed by atoms with Gasteiger partial charge in [-0.1, -0.05) is 109 Å². The first-order valence-electron chi connectivity index (χ1n) is 15.0. The molecule has 1 heterocycles. The monoisotopic (exact) mass is 789 g/mol. The fourth-order valence-corrected chi connectivity index (χ4v) is 48.0. The van der Waals surface area contributed by atoms with Gasteiger partial charge in [-0.2, -0.15) is 0 Å². The molecule has 6 aromatic rings. The predicted octanol–water partition coefficient (Wildman–Crippen LogP) is 16.6. The second kappa shape index (κ2) is 16.4. The Balaban J connectivity index is 1.55. The first kappa shape index (κ1) is 34.6. The molecule has 0 saturated carbocycles. The molecule has 0 atom stereocenters. The van der Waals surface area contributed by atoms with E-state index >= 15 is 0 Å². The van der Waals surface area contributed by atoms with E-state index in [0.29, 0.717) is 0 Å². The van der Waals surface area contributed by atoms with Gasteiger partial charge in [0, 0.05) is 29.4 Å². The molecule has 1 aliphatic rings. The summed E-state index contributed by atoms with van der Waals surface area (Å²) < 4.78 is 18.1. The lowest BCUT2D eigenvalue weighted by atomic mass is 10.4. The highest BCUT2D eigenvalue weighted by Crippen LogP contribution is 2.99. The van der Waals surface area contributed by atoms with Crippen molar-refractivity contribution < 1.29 is 0 Å². The van der Waals surface area contributed by atoms with Crippen LogP contribution in [-0.4, -0.2) is 0 Å². The van der Waals surface area contributed by atoms with E-state index in [1.54, 1.807) is 0 Å². The molecule has 0 unspecified atom stereocenters. The van der Waals surface area contributed by atoms with Crippen molar-refractivity contribution in [3.63, 3.8) is 0 Å². The van der Waals surface area contributed by atoms with Crippen LogP contribution in [-0.2, 0) is 0 Å². The summed E-state index contributed by atoms with van der Waals surface area (Å²) in [5.41, 5.74) is -7.86. The van der Waals surface area contributed by atoms with Crippen LogP contribution in [0.25, 0.3) is 0 Å². The van der Waals surface area contributed by atoms with Gasteiger partial charge in [-0.05, 0) is 141 Å². The third kappa shape index (κ3) is 9.26. The standard InChI is InChI=1S/C36H30N3P3S6/c1-7-19-31(20-8-1)43-40(44-32-21-9-2-10-22-32)37-41(45-33-23-11-3-12-24-33,46-34-25-13-4-14-26-34)39-42(38-40,47-35-27-15-5-16-28-35)48-36-29-17-6-18-30-36/h1-30H. The van der Waals surface area contributed by atoms with Crippen molar-refractivity contribution in [2.45, 2.75) is 29.4 Å². The highest BCUT2D eigenvalue weighted by molar-refractivity contribution is 9.00. The Morgan fingerprint density at radius 3 is 0.521 bits per heavy atom. The van der Waals surface area contributed by atoms with Crippen LogP contribution >= 0.6 is 85.1 Å². The van der Waals surface area contributed by atoms with Crippen molar-refractivity contribution in [3.8, 4) is 0 Å². The van der Waals surface area contributed by atoms with Crippen LogP contribution in [0.3, 0.4) is 0 Å². The number of nitrogens with zero attached hydrogens (tertiary/aromatic N) is 3. The van der Waals surface area contributed by atoms with Crippen LogP contribution in [0.2, 0.25) is 0 Å². The number of benzene rings is 6. The summed E-state index contributed by atoms with van der Waals surface area (Å²) in [6.45, 7) is 0. The summed E-state index contributed by atoms with van der Waals surface area (Å²) in [7, 11) is 0. The maximum atomic E-state index is 6.05. The van der Waals surface area contributed by atoms with Crippen molar-refractivity contribution in [3.05, 3.63) is 182 Å². The molecule has 0 bridgehead atoms. The molecule has 0 fully saturated rings. The first-order chi connectivity index (χ1) is 23.6. The van der Waals surface area contributed by atoms with E-state index in [2.05, 4.69) is 182 Å². The number of hydrogen-bond acceptors (Lipinski definition) is 9. The lowest BCUT2D eigenvalue weighted by Gasteiger charge is -2.34. The van der Waals surface area contributed by atoms with Gasteiger partial charge in [-0.15, -0.1) is 0 Å². The van der Waals surface area contributed by atoms with Gasteiger partial charge in [-0.25, -0.2) is 13.5 Å². The van der Waals surface area contributed by atoms with E-state index < -0.39 is 16.8 Å². The second-order valence-corrected chi connectivity index (χ2v) is 33.7. The Morgan fingerprint density at radius 2 is 0.375 bits per heavy atom. The van der Waals surface area contributed by atoms with E-state index in [1.165, 1.54) is 29.4 Å². The van der Waals surface area contributed by atoms with Crippen LogP contribution in [0.1, 0.15) is 0 Å². The molecule has 7 rings (SSSR count). The Morgan fingerprint density at radius 1 is 0.229 bits per heavy atom. The summed E-state index contributed by atoms with van der Waals surface area (Å²) in [6.07, 6.45) is 0. The molecule has 3 nitrogen and oxygen atoms in total. The Bertz CT molecular complexity index is 1710. The molecule has 12 heteroatoms. The molecule has 0 amide bonds. The summed E-state index contributed by atoms with van der Waals surface area (Å²) in [5, 5.41) is 0. The molecule has 0 spiro atoms. The van der Waals surface area contributed by atoms with Gasteiger partial charge in [0.1, 0.15) is 0 Å². The van der Waals surface area contributed by atoms with Crippen molar-refractivity contribution >= 4 is 85.1 Å². The molecular formula is C36H30N3P3S6. The molecule has 6 aromatic carbocycles. The SMILES string of the molecule is c1ccc(SP2(Sc3ccccc3)=NP(Sc3ccccc3)(Sc3ccccc3)=NP(Sc3ccccc3)(Sc3ccccc3)=N2)cc1. The molecule has 0 aromatic heterocycles. The zero-order valence-corrected chi connectivity index (χ0v) is 33.0. The van der Waals surface area contributed by atoms with Gasteiger partial charge >= 0.3 is 0 Å².